The van der Waals surface area contributed by atoms with Crippen molar-refractivity contribution in [3.8, 4) is 11.3 Å². The lowest BCUT2D eigenvalue weighted by Gasteiger charge is -2.29. The van der Waals surface area contributed by atoms with Crippen molar-refractivity contribution >= 4 is 30.7 Å². The molecule has 0 radical (unpaired) electrons. The Labute approximate surface area is 205 Å². The molecule has 0 unspecified atom stereocenters. The number of carbonyl (C=O) groups excluding carboxylic acids is 1. The largest absolute Gasteiger partial charge is 0.334 e. The second-order valence-electron chi connectivity index (χ2n) is 8.44. The van der Waals surface area contributed by atoms with E-state index in [9.17, 15) is 9.59 Å². The summed E-state index contributed by atoms with van der Waals surface area (Å²) in [5.74, 6) is -0.184. The second-order valence-corrected chi connectivity index (χ2v) is 8.44. The maximum atomic E-state index is 13.5. The minimum atomic E-state index is -0.184. The zero-order valence-corrected chi connectivity index (χ0v) is 20.2. The molecule has 4 heterocycles. The van der Waals surface area contributed by atoms with Gasteiger partial charge in [0.2, 0.25) is 0 Å². The average molecular weight is 490 g/mol. The van der Waals surface area contributed by atoms with Crippen LogP contribution in [0.4, 0.5) is 0 Å². The first-order chi connectivity index (χ1) is 15.1. The lowest BCUT2D eigenvalue weighted by Crippen LogP contribution is -2.41. The number of hydrogen-bond acceptors (Lipinski definition) is 4. The predicted octanol–water partition coefficient (Wildman–Crippen LogP) is 3.51. The van der Waals surface area contributed by atoms with Crippen LogP contribution in [0.3, 0.4) is 0 Å². The van der Waals surface area contributed by atoms with Crippen LogP contribution in [0.15, 0.2) is 47.4 Å². The molecule has 1 amide bonds. The molecule has 1 saturated heterocycles. The van der Waals surface area contributed by atoms with E-state index in [1.165, 1.54) is 0 Å². The maximum absolute atomic E-state index is 13.5. The summed E-state index contributed by atoms with van der Waals surface area (Å²) in [6.45, 7) is 4.67. The van der Waals surface area contributed by atoms with Crippen molar-refractivity contribution in [1.82, 2.24) is 25.0 Å². The topological polar surface area (TPSA) is 83.0 Å². The van der Waals surface area contributed by atoms with Gasteiger partial charge in [-0.15, -0.1) is 24.8 Å². The van der Waals surface area contributed by atoms with Crippen LogP contribution in [0.2, 0.25) is 0 Å². The number of H-pyrrole nitrogens is 1. The van der Waals surface area contributed by atoms with Gasteiger partial charge in [-0.25, -0.2) is 0 Å². The van der Waals surface area contributed by atoms with Crippen molar-refractivity contribution in [3.63, 3.8) is 0 Å². The van der Waals surface area contributed by atoms with Crippen LogP contribution in [0.5, 0.6) is 0 Å². The highest BCUT2D eigenvalue weighted by molar-refractivity contribution is 5.95. The molecule has 7 nitrogen and oxygen atoms in total. The van der Waals surface area contributed by atoms with Crippen LogP contribution >= 0.6 is 24.8 Å². The number of hydrogen-bond donors (Lipinski definition) is 2. The number of nitrogens with zero attached hydrogens (tertiary/aromatic N) is 3. The van der Waals surface area contributed by atoms with E-state index in [2.05, 4.69) is 15.5 Å². The summed E-state index contributed by atoms with van der Waals surface area (Å²) < 4.78 is 1.77. The Balaban J connectivity index is 0.00000153. The minimum absolute atomic E-state index is 0. The van der Waals surface area contributed by atoms with E-state index in [0.29, 0.717) is 25.1 Å². The first-order valence-electron chi connectivity index (χ1n) is 11.0. The highest BCUT2D eigenvalue weighted by Gasteiger charge is 2.29. The number of rotatable bonds is 3. The van der Waals surface area contributed by atoms with Gasteiger partial charge in [0.15, 0.2) is 0 Å². The van der Waals surface area contributed by atoms with Crippen molar-refractivity contribution in [2.24, 2.45) is 0 Å². The van der Waals surface area contributed by atoms with Gasteiger partial charge in [0.05, 0.1) is 5.69 Å². The Morgan fingerprint density at radius 3 is 2.55 bits per heavy atom. The van der Waals surface area contributed by atoms with Gasteiger partial charge < -0.3 is 14.8 Å². The Kier molecular flexibility index (Phi) is 8.00. The molecule has 0 spiro atoms. The van der Waals surface area contributed by atoms with Gasteiger partial charge in [-0.1, -0.05) is 30.3 Å². The standard InChI is InChI=1S/C24H27N5O2.2ClH/c1-16-9-14-29(18-7-11-25-12-8-18)24(31)21(16)23(30)28-13-10-20-19(15-28)22(27-26-20)17-5-3-2-4-6-17;;/h2-6,9,14,18,25H,7-8,10-13,15H2,1H3,(H,26,27);2*1H. The summed E-state index contributed by atoms with van der Waals surface area (Å²) in [5, 5.41) is 11.0. The average Bonchev–Trinajstić information content (AvgIpc) is 3.23. The van der Waals surface area contributed by atoms with Crippen LogP contribution in [0.25, 0.3) is 11.3 Å². The zero-order valence-electron chi connectivity index (χ0n) is 18.5. The molecule has 2 N–H and O–H groups in total. The molecule has 0 bridgehead atoms. The lowest BCUT2D eigenvalue weighted by molar-refractivity contribution is 0.0731. The number of aromatic amines is 1. The second kappa shape index (κ2) is 10.5. The number of aromatic nitrogens is 3. The van der Waals surface area contributed by atoms with Gasteiger partial charge in [0.1, 0.15) is 5.56 Å². The van der Waals surface area contributed by atoms with Crippen molar-refractivity contribution in [3.05, 3.63) is 75.3 Å². The van der Waals surface area contributed by atoms with E-state index >= 15 is 0 Å². The summed E-state index contributed by atoms with van der Waals surface area (Å²) in [7, 11) is 0. The number of fused-ring (bicyclic) bond motifs is 1. The molecule has 33 heavy (non-hydrogen) atoms. The molecule has 0 saturated carbocycles. The smallest absolute Gasteiger partial charge is 0.263 e. The van der Waals surface area contributed by atoms with Crippen LogP contribution in [-0.2, 0) is 13.0 Å². The minimum Gasteiger partial charge on any atom is -0.334 e. The normalized spacial score (nSPS) is 15.8. The molecule has 2 aliphatic rings. The van der Waals surface area contributed by atoms with Crippen LogP contribution in [0.1, 0.15) is 46.1 Å². The summed E-state index contributed by atoms with van der Waals surface area (Å²) in [6.07, 6.45) is 4.36. The molecule has 176 valence electrons. The molecule has 2 aliphatic heterocycles. The van der Waals surface area contributed by atoms with E-state index in [1.54, 1.807) is 9.47 Å². The number of aryl methyl sites for hydroxylation is 1. The number of benzene rings is 1. The third-order valence-corrected chi connectivity index (χ3v) is 6.51. The van der Waals surface area contributed by atoms with Gasteiger partial charge in [-0.2, -0.15) is 5.10 Å². The number of carbonyl (C=O) groups is 1. The van der Waals surface area contributed by atoms with E-state index in [1.807, 2.05) is 49.5 Å². The summed E-state index contributed by atoms with van der Waals surface area (Å²) in [5.41, 5.74) is 4.88. The fourth-order valence-corrected chi connectivity index (χ4v) is 4.73. The molecule has 3 aromatic rings. The highest BCUT2D eigenvalue weighted by atomic mass is 35.5. The van der Waals surface area contributed by atoms with Crippen molar-refractivity contribution in [1.29, 1.82) is 0 Å². The summed E-state index contributed by atoms with van der Waals surface area (Å²) >= 11 is 0. The van der Waals surface area contributed by atoms with Gasteiger partial charge in [0.25, 0.3) is 11.5 Å². The first-order valence-corrected chi connectivity index (χ1v) is 11.0. The van der Waals surface area contributed by atoms with Crippen LogP contribution in [0, 0.1) is 6.92 Å². The highest BCUT2D eigenvalue weighted by Crippen LogP contribution is 2.29. The van der Waals surface area contributed by atoms with Gasteiger partial charge in [-0.3, -0.25) is 14.7 Å². The molecular formula is C24H29Cl2N5O2. The predicted molar refractivity (Wildman–Crippen MR) is 134 cm³/mol. The fraction of sp³-hybridized carbons (Fsp3) is 0.375. The number of nitrogens with one attached hydrogen (secondary N) is 2. The van der Waals surface area contributed by atoms with E-state index in [-0.39, 0.29) is 42.3 Å². The Morgan fingerprint density at radius 1 is 1.09 bits per heavy atom. The summed E-state index contributed by atoms with van der Waals surface area (Å²) in [6, 6.07) is 12.0. The van der Waals surface area contributed by atoms with Crippen molar-refractivity contribution < 1.29 is 4.79 Å². The van der Waals surface area contributed by atoms with Crippen molar-refractivity contribution in [2.75, 3.05) is 19.6 Å². The molecular weight excluding hydrogens is 461 g/mol. The number of halogens is 2. The van der Waals surface area contributed by atoms with Gasteiger partial charge in [0, 0.05) is 48.6 Å². The lowest BCUT2D eigenvalue weighted by atomic mass is 9.99. The van der Waals surface area contributed by atoms with E-state index in [4.69, 9.17) is 0 Å². The first kappa shape index (κ1) is 25.0. The molecule has 1 aromatic carbocycles. The van der Waals surface area contributed by atoms with E-state index < -0.39 is 0 Å². The third kappa shape index (κ3) is 4.71. The Hall–Kier alpha value is -2.61. The molecule has 0 aliphatic carbocycles. The fourth-order valence-electron chi connectivity index (χ4n) is 4.73. The van der Waals surface area contributed by atoms with Crippen molar-refractivity contribution in [2.45, 2.75) is 38.8 Å². The SMILES string of the molecule is Cc1ccn(C2CCNCC2)c(=O)c1C(=O)N1CCc2[nH]nc(-c3ccccc3)c2C1.Cl.Cl. The van der Waals surface area contributed by atoms with Crippen LogP contribution in [-0.4, -0.2) is 45.2 Å². The summed E-state index contributed by atoms with van der Waals surface area (Å²) in [4.78, 5) is 28.7. The zero-order chi connectivity index (χ0) is 21.4. The molecule has 1 fully saturated rings. The maximum Gasteiger partial charge on any atom is 0.263 e. The Bertz CT molecular complexity index is 1170. The number of piperidine rings is 1. The number of amides is 1. The molecule has 0 atom stereocenters. The van der Waals surface area contributed by atoms with Gasteiger partial charge >= 0.3 is 0 Å². The Morgan fingerprint density at radius 2 is 1.82 bits per heavy atom. The molecule has 2 aromatic heterocycles. The molecule has 9 heteroatoms. The molecule has 5 rings (SSSR count). The van der Waals surface area contributed by atoms with Gasteiger partial charge in [-0.05, 0) is 44.5 Å². The monoisotopic (exact) mass is 489 g/mol. The number of pyridine rings is 1. The van der Waals surface area contributed by atoms with E-state index in [0.717, 1.165) is 54.0 Å². The van der Waals surface area contributed by atoms with Crippen LogP contribution < -0.4 is 10.9 Å². The quantitative estimate of drug-likeness (QED) is 0.589. The third-order valence-electron chi connectivity index (χ3n) is 6.51.